The van der Waals surface area contributed by atoms with E-state index in [1.54, 1.807) is 0 Å². The zero-order chi connectivity index (χ0) is 16.8. The highest BCUT2D eigenvalue weighted by Gasteiger charge is 2.14. The smallest absolute Gasteiger partial charge is 0.165 e. The first-order chi connectivity index (χ1) is 11.1. The minimum Gasteiger partial charge on any atom is -0.368 e. The maximum absolute atomic E-state index is 4.68. The molecule has 2 aromatic rings. The lowest BCUT2D eigenvalue weighted by Crippen LogP contribution is -2.25. The minimum absolute atomic E-state index is 0.793. The zero-order valence-electron chi connectivity index (χ0n) is 15.2. The van der Waals surface area contributed by atoms with Crippen molar-refractivity contribution in [2.45, 2.75) is 54.0 Å². The Morgan fingerprint density at radius 1 is 1.04 bits per heavy atom. The molecule has 2 rings (SSSR count). The Hall–Kier alpha value is -1.69. The van der Waals surface area contributed by atoms with Crippen LogP contribution in [0.4, 0.5) is 5.82 Å². The van der Waals surface area contributed by atoms with Crippen molar-refractivity contribution >= 4 is 17.0 Å². The van der Waals surface area contributed by atoms with Gasteiger partial charge in [-0.05, 0) is 46.3 Å². The average Bonchev–Trinajstić information content (AvgIpc) is 2.84. The topological polar surface area (TPSA) is 58.9 Å². The third kappa shape index (κ3) is 4.19. The van der Waals surface area contributed by atoms with Gasteiger partial charge in [-0.1, -0.05) is 20.8 Å². The summed E-state index contributed by atoms with van der Waals surface area (Å²) in [6, 6.07) is 0. The molecule has 128 valence electrons. The van der Waals surface area contributed by atoms with Gasteiger partial charge in [0.2, 0.25) is 0 Å². The Morgan fingerprint density at radius 3 is 2.43 bits per heavy atom. The lowest BCUT2D eigenvalue weighted by atomic mass is 10.3. The van der Waals surface area contributed by atoms with E-state index in [1.807, 2.05) is 13.8 Å². The van der Waals surface area contributed by atoms with Gasteiger partial charge in [0, 0.05) is 13.1 Å². The van der Waals surface area contributed by atoms with Crippen LogP contribution >= 0.6 is 0 Å². The minimum atomic E-state index is 0.793. The number of aromatic nitrogens is 4. The van der Waals surface area contributed by atoms with Crippen LogP contribution < -0.4 is 5.32 Å². The molecule has 0 amide bonds. The van der Waals surface area contributed by atoms with Crippen molar-refractivity contribution in [2.24, 2.45) is 0 Å². The predicted octanol–water partition coefficient (Wildman–Crippen LogP) is 3.00. The molecule has 0 aromatic carbocycles. The maximum Gasteiger partial charge on any atom is 0.165 e. The molecule has 0 unspecified atom stereocenters. The largest absolute Gasteiger partial charge is 0.368 e. The molecule has 2 aromatic heterocycles. The van der Waals surface area contributed by atoms with Crippen molar-refractivity contribution in [3.8, 4) is 0 Å². The van der Waals surface area contributed by atoms with Crippen LogP contribution in [-0.4, -0.2) is 50.6 Å². The van der Waals surface area contributed by atoms with E-state index >= 15 is 0 Å². The molecule has 6 heteroatoms. The molecule has 0 spiro atoms. The summed E-state index contributed by atoms with van der Waals surface area (Å²) in [5.41, 5.74) is 1.84. The lowest BCUT2D eigenvalue weighted by Gasteiger charge is -2.17. The van der Waals surface area contributed by atoms with Crippen molar-refractivity contribution in [1.82, 2.24) is 24.4 Å². The summed E-state index contributed by atoms with van der Waals surface area (Å²) in [6.45, 7) is 15.7. The average molecular weight is 318 g/mol. The van der Waals surface area contributed by atoms with Crippen LogP contribution in [0.5, 0.6) is 0 Å². The molecule has 1 N–H and O–H groups in total. The highest BCUT2D eigenvalue weighted by molar-refractivity contribution is 5.83. The summed E-state index contributed by atoms with van der Waals surface area (Å²) in [5, 5.41) is 3.46. The van der Waals surface area contributed by atoms with Gasteiger partial charge in [0.25, 0.3) is 0 Å². The van der Waals surface area contributed by atoms with Crippen molar-refractivity contribution in [3.63, 3.8) is 0 Å². The van der Waals surface area contributed by atoms with Gasteiger partial charge in [0.1, 0.15) is 11.6 Å². The van der Waals surface area contributed by atoms with Gasteiger partial charge in [-0.3, -0.25) is 0 Å². The van der Waals surface area contributed by atoms with Gasteiger partial charge in [-0.25, -0.2) is 15.0 Å². The quantitative estimate of drug-likeness (QED) is 0.720. The number of imidazole rings is 1. The number of aryl methyl sites for hydroxylation is 3. The van der Waals surface area contributed by atoms with Crippen molar-refractivity contribution < 1.29 is 0 Å². The number of rotatable bonds is 9. The molecular weight excluding hydrogens is 288 g/mol. The van der Waals surface area contributed by atoms with E-state index in [0.717, 1.165) is 74.2 Å². The maximum atomic E-state index is 4.68. The number of nitrogens with one attached hydrogen (secondary N) is 1. The van der Waals surface area contributed by atoms with Crippen molar-refractivity contribution in [3.05, 3.63) is 11.6 Å². The normalized spacial score (nSPS) is 11.6. The van der Waals surface area contributed by atoms with Crippen LogP contribution in [0.1, 0.15) is 45.3 Å². The molecule has 0 radical (unpaired) electrons. The molecule has 23 heavy (non-hydrogen) atoms. The molecule has 6 nitrogen and oxygen atoms in total. The van der Waals surface area contributed by atoms with E-state index in [9.17, 15) is 0 Å². The highest BCUT2D eigenvalue weighted by atomic mass is 15.2. The molecule has 0 atom stereocenters. The fourth-order valence-electron chi connectivity index (χ4n) is 2.88. The Labute approximate surface area is 139 Å². The van der Waals surface area contributed by atoms with Crippen LogP contribution in [0.2, 0.25) is 0 Å². The molecule has 0 aliphatic rings. The first-order valence-electron chi connectivity index (χ1n) is 8.78. The number of hydrogen-bond acceptors (Lipinski definition) is 5. The molecule has 0 saturated heterocycles. The van der Waals surface area contributed by atoms with Gasteiger partial charge in [0.15, 0.2) is 17.0 Å². The van der Waals surface area contributed by atoms with E-state index in [0.29, 0.717) is 0 Å². The number of fused-ring (bicyclic) bond motifs is 1. The van der Waals surface area contributed by atoms with Crippen LogP contribution in [0, 0.1) is 13.8 Å². The Balaban J connectivity index is 2.12. The fraction of sp³-hybridized carbons (Fsp3) is 0.706. The second-order valence-corrected chi connectivity index (χ2v) is 5.91. The van der Waals surface area contributed by atoms with E-state index < -0.39 is 0 Å². The predicted molar refractivity (Wildman–Crippen MR) is 96.0 cm³/mol. The summed E-state index contributed by atoms with van der Waals surface area (Å²) >= 11 is 0. The SMILES string of the molecule is CCCn1c(C)nc2c(NCCCN(CC)CC)nc(C)nc21. The molecule has 0 aliphatic carbocycles. The summed E-state index contributed by atoms with van der Waals surface area (Å²) in [5.74, 6) is 2.67. The van der Waals surface area contributed by atoms with Gasteiger partial charge >= 0.3 is 0 Å². The molecule has 0 saturated carbocycles. The third-order valence-corrected chi connectivity index (χ3v) is 4.18. The molecule has 0 fully saturated rings. The van der Waals surface area contributed by atoms with Crippen molar-refractivity contribution in [1.29, 1.82) is 0 Å². The van der Waals surface area contributed by atoms with Crippen LogP contribution in [0.25, 0.3) is 11.2 Å². The van der Waals surface area contributed by atoms with E-state index in [-0.39, 0.29) is 0 Å². The third-order valence-electron chi connectivity index (χ3n) is 4.18. The summed E-state index contributed by atoms with van der Waals surface area (Å²) < 4.78 is 2.19. The fourth-order valence-corrected chi connectivity index (χ4v) is 2.88. The molecule has 2 heterocycles. The lowest BCUT2D eigenvalue weighted by molar-refractivity contribution is 0.303. The van der Waals surface area contributed by atoms with Gasteiger partial charge in [-0.15, -0.1) is 0 Å². The summed E-state index contributed by atoms with van der Waals surface area (Å²) in [7, 11) is 0. The van der Waals surface area contributed by atoms with E-state index in [4.69, 9.17) is 0 Å². The van der Waals surface area contributed by atoms with Gasteiger partial charge < -0.3 is 14.8 Å². The molecule has 0 bridgehead atoms. The van der Waals surface area contributed by atoms with Gasteiger partial charge in [-0.2, -0.15) is 0 Å². The summed E-state index contributed by atoms with van der Waals surface area (Å²) in [6.07, 6.45) is 2.17. The first kappa shape index (κ1) is 17.7. The number of anilines is 1. The monoisotopic (exact) mass is 318 g/mol. The van der Waals surface area contributed by atoms with Crippen LogP contribution in [-0.2, 0) is 6.54 Å². The van der Waals surface area contributed by atoms with Gasteiger partial charge in [0.05, 0.1) is 0 Å². The molecular formula is C17H30N6. The van der Waals surface area contributed by atoms with E-state index in [2.05, 4.69) is 50.5 Å². The number of nitrogens with zero attached hydrogens (tertiary/aromatic N) is 5. The Morgan fingerprint density at radius 2 is 1.78 bits per heavy atom. The summed E-state index contributed by atoms with van der Waals surface area (Å²) in [4.78, 5) is 16.3. The standard InChI is InChI=1S/C17H30N6/c1-6-11-23-14(5)21-15-16(19-13(4)20-17(15)23)18-10-9-12-22(7-2)8-3/h6-12H2,1-5H3,(H,18,19,20). The zero-order valence-corrected chi connectivity index (χ0v) is 15.2. The van der Waals surface area contributed by atoms with E-state index in [1.165, 1.54) is 0 Å². The van der Waals surface area contributed by atoms with Crippen molar-refractivity contribution in [2.75, 3.05) is 31.5 Å². The number of hydrogen-bond donors (Lipinski definition) is 1. The van der Waals surface area contributed by atoms with Crippen LogP contribution in [0.3, 0.4) is 0 Å². The Bertz CT molecular complexity index is 630. The molecule has 0 aliphatic heterocycles. The van der Waals surface area contributed by atoms with Crippen LogP contribution in [0.15, 0.2) is 0 Å². The second kappa shape index (κ2) is 8.24. The first-order valence-corrected chi connectivity index (χ1v) is 8.78. The Kier molecular flexibility index (Phi) is 6.33. The highest BCUT2D eigenvalue weighted by Crippen LogP contribution is 2.21. The second-order valence-electron chi connectivity index (χ2n) is 5.91.